The zero-order valence-electron chi connectivity index (χ0n) is 19.9. The summed E-state index contributed by atoms with van der Waals surface area (Å²) in [5.74, 6) is 1.48. The summed E-state index contributed by atoms with van der Waals surface area (Å²) in [6, 6.07) is 0.208. The van der Waals surface area contributed by atoms with Crippen LogP contribution in [0.1, 0.15) is 60.8 Å². The second-order valence-electron chi connectivity index (χ2n) is 9.39. The number of carbonyl (C=O) groups is 1. The maximum atomic E-state index is 12.3. The third-order valence-corrected chi connectivity index (χ3v) is 7.71. The van der Waals surface area contributed by atoms with Crippen molar-refractivity contribution in [2.45, 2.75) is 76.9 Å². The lowest BCUT2D eigenvalue weighted by molar-refractivity contribution is -0.139. The lowest BCUT2D eigenvalue weighted by atomic mass is 9.84. The number of hydrogen-bond donors (Lipinski definition) is 1. The summed E-state index contributed by atoms with van der Waals surface area (Å²) in [6.45, 7) is 4.18. The predicted molar refractivity (Wildman–Crippen MR) is 123 cm³/mol. The first kappa shape index (κ1) is 25.9. The van der Waals surface area contributed by atoms with Crippen LogP contribution in [0.2, 0.25) is 0 Å². The number of carbonyl (C=O) groups excluding carboxylic acids is 1. The van der Waals surface area contributed by atoms with Crippen molar-refractivity contribution in [1.29, 1.82) is 0 Å². The fourth-order valence-electron chi connectivity index (χ4n) is 4.72. The first-order valence-corrected chi connectivity index (χ1v) is 13.0. The molecule has 194 valence electrons. The Labute approximate surface area is 206 Å². The molecule has 0 atom stereocenters. The Kier molecular flexibility index (Phi) is 8.64. The first-order chi connectivity index (χ1) is 16.7. The lowest BCUT2D eigenvalue weighted by Crippen LogP contribution is -2.39. The van der Waals surface area contributed by atoms with Gasteiger partial charge < -0.3 is 19.5 Å². The number of hydrogen-bond acceptors (Lipinski definition) is 8. The molecule has 8 nitrogen and oxygen atoms in total. The minimum atomic E-state index is -4.21. The normalized spacial score (nSPS) is 21.4. The van der Waals surface area contributed by atoms with Crippen LogP contribution < -0.4 is 10.1 Å². The van der Waals surface area contributed by atoms with E-state index in [0.29, 0.717) is 22.8 Å². The number of rotatable bonds is 9. The first-order valence-electron chi connectivity index (χ1n) is 12.2. The van der Waals surface area contributed by atoms with Gasteiger partial charge in [0.1, 0.15) is 0 Å². The quantitative estimate of drug-likeness (QED) is 0.542. The number of nitrogens with one attached hydrogen (secondary N) is 1. The standard InChI is InChI=1S/C23H32F3N5O3S/c1-15-27-20(30-34-15)14-21(32)28-17-4-2-16(3-5-17)6-10-31-11-7-18-19(8-12-31)35-22(29-18)33-13-9-23(24,25)26/h16-17H,2-14H2,1H3,(H,28,32). The van der Waals surface area contributed by atoms with Crippen molar-refractivity contribution in [2.24, 2.45) is 5.92 Å². The zero-order valence-corrected chi connectivity index (χ0v) is 20.7. The highest BCUT2D eigenvalue weighted by molar-refractivity contribution is 7.13. The van der Waals surface area contributed by atoms with Gasteiger partial charge in [0.05, 0.1) is 25.1 Å². The molecule has 1 N–H and O–H groups in total. The van der Waals surface area contributed by atoms with E-state index in [9.17, 15) is 18.0 Å². The van der Waals surface area contributed by atoms with Crippen LogP contribution in [0.25, 0.3) is 0 Å². The molecule has 4 rings (SSSR count). The number of ether oxygens (including phenoxy) is 1. The van der Waals surface area contributed by atoms with Crippen LogP contribution in [0.3, 0.4) is 0 Å². The number of alkyl halides is 3. The van der Waals surface area contributed by atoms with Crippen molar-refractivity contribution >= 4 is 17.2 Å². The molecule has 1 fully saturated rings. The summed E-state index contributed by atoms with van der Waals surface area (Å²) >= 11 is 1.38. The number of amides is 1. The molecule has 3 heterocycles. The van der Waals surface area contributed by atoms with Crippen molar-refractivity contribution in [1.82, 2.24) is 25.3 Å². The van der Waals surface area contributed by atoms with Crippen LogP contribution in [0.5, 0.6) is 5.19 Å². The highest BCUT2D eigenvalue weighted by Crippen LogP contribution is 2.30. The number of halogens is 3. The summed E-state index contributed by atoms with van der Waals surface area (Å²) < 4.78 is 47.1. The molecular formula is C23H32F3N5O3S. The van der Waals surface area contributed by atoms with E-state index in [1.54, 1.807) is 6.92 Å². The van der Waals surface area contributed by atoms with Crippen LogP contribution in [0, 0.1) is 12.8 Å². The number of fused-ring (bicyclic) bond motifs is 1. The van der Waals surface area contributed by atoms with Gasteiger partial charge in [-0.25, -0.2) is 4.98 Å². The molecule has 1 amide bonds. The molecule has 0 unspecified atom stereocenters. The predicted octanol–water partition coefficient (Wildman–Crippen LogP) is 3.87. The van der Waals surface area contributed by atoms with E-state index in [2.05, 4.69) is 25.3 Å². The number of aromatic nitrogens is 3. The second kappa shape index (κ2) is 11.7. The van der Waals surface area contributed by atoms with Gasteiger partial charge in [-0.15, -0.1) is 0 Å². The third kappa shape index (κ3) is 8.16. The van der Waals surface area contributed by atoms with Gasteiger partial charge in [-0.3, -0.25) is 4.79 Å². The largest absolute Gasteiger partial charge is 0.470 e. The highest BCUT2D eigenvalue weighted by Gasteiger charge is 2.28. The molecule has 0 saturated heterocycles. The molecular weight excluding hydrogens is 483 g/mol. The highest BCUT2D eigenvalue weighted by atomic mass is 32.1. The monoisotopic (exact) mass is 515 g/mol. The van der Waals surface area contributed by atoms with Crippen molar-refractivity contribution < 1.29 is 27.2 Å². The molecule has 0 spiro atoms. The Morgan fingerprint density at radius 3 is 2.69 bits per heavy atom. The van der Waals surface area contributed by atoms with Crippen molar-refractivity contribution in [2.75, 3.05) is 26.2 Å². The van der Waals surface area contributed by atoms with Crippen molar-refractivity contribution in [3.8, 4) is 5.19 Å². The van der Waals surface area contributed by atoms with Crippen LogP contribution in [0.4, 0.5) is 13.2 Å². The van der Waals surface area contributed by atoms with Gasteiger partial charge in [0.15, 0.2) is 5.82 Å². The minimum Gasteiger partial charge on any atom is -0.470 e. The topological polar surface area (TPSA) is 93.4 Å². The summed E-state index contributed by atoms with van der Waals surface area (Å²) in [4.78, 5) is 24.3. The Balaban J connectivity index is 1.12. The number of nitrogens with zero attached hydrogens (tertiary/aromatic N) is 4. The maximum Gasteiger partial charge on any atom is 0.392 e. The zero-order chi connectivity index (χ0) is 24.8. The molecule has 0 bridgehead atoms. The van der Waals surface area contributed by atoms with E-state index in [1.165, 1.54) is 11.3 Å². The van der Waals surface area contributed by atoms with E-state index in [1.807, 2.05) is 0 Å². The fourth-order valence-corrected chi connectivity index (χ4v) is 5.69. The summed E-state index contributed by atoms with van der Waals surface area (Å²) in [5, 5.41) is 7.22. The Bertz CT molecular complexity index is 947. The van der Waals surface area contributed by atoms with Gasteiger partial charge in [0.2, 0.25) is 11.8 Å². The van der Waals surface area contributed by atoms with Gasteiger partial charge in [-0.2, -0.15) is 18.2 Å². The van der Waals surface area contributed by atoms with Gasteiger partial charge in [-0.1, -0.05) is 16.5 Å². The second-order valence-corrected chi connectivity index (χ2v) is 10.4. The molecule has 2 aromatic heterocycles. The average Bonchev–Trinajstić information content (AvgIpc) is 3.33. The molecule has 1 aliphatic heterocycles. The molecule has 35 heavy (non-hydrogen) atoms. The Hall–Kier alpha value is -2.21. The lowest BCUT2D eigenvalue weighted by Gasteiger charge is -2.30. The molecule has 2 aliphatic rings. The third-order valence-electron chi connectivity index (χ3n) is 6.64. The Morgan fingerprint density at radius 2 is 1.97 bits per heavy atom. The number of aryl methyl sites for hydroxylation is 1. The molecule has 12 heteroatoms. The summed E-state index contributed by atoms with van der Waals surface area (Å²) in [6.07, 6.45) is 1.95. The molecule has 2 aromatic rings. The fraction of sp³-hybridized carbons (Fsp3) is 0.739. The van der Waals surface area contributed by atoms with Crippen molar-refractivity contribution in [3.05, 3.63) is 22.3 Å². The molecule has 1 saturated carbocycles. The van der Waals surface area contributed by atoms with Gasteiger partial charge in [-0.05, 0) is 51.0 Å². The van der Waals surface area contributed by atoms with Gasteiger partial charge in [0, 0.05) is 37.4 Å². The molecule has 1 aliphatic carbocycles. The summed E-state index contributed by atoms with van der Waals surface area (Å²) in [5.41, 5.74) is 0.965. The van der Waals surface area contributed by atoms with Gasteiger partial charge in [0.25, 0.3) is 5.19 Å². The SMILES string of the molecule is Cc1nc(CC(=O)NC2CCC(CCN3CCc4nc(OCCC(F)(F)F)sc4CC3)CC2)no1. The van der Waals surface area contributed by atoms with Crippen molar-refractivity contribution in [3.63, 3.8) is 0 Å². The minimum absolute atomic E-state index is 0.0613. The van der Waals surface area contributed by atoms with Crippen LogP contribution in [0.15, 0.2) is 4.52 Å². The maximum absolute atomic E-state index is 12.3. The molecule has 0 radical (unpaired) electrons. The van der Waals surface area contributed by atoms with E-state index in [4.69, 9.17) is 9.26 Å². The van der Waals surface area contributed by atoms with E-state index < -0.39 is 12.6 Å². The van der Waals surface area contributed by atoms with E-state index >= 15 is 0 Å². The number of thiazole rings is 1. The smallest absolute Gasteiger partial charge is 0.392 e. The van der Waals surface area contributed by atoms with Crippen LogP contribution >= 0.6 is 11.3 Å². The van der Waals surface area contributed by atoms with Gasteiger partial charge >= 0.3 is 6.18 Å². The average molecular weight is 516 g/mol. The summed E-state index contributed by atoms with van der Waals surface area (Å²) in [7, 11) is 0. The van der Waals surface area contributed by atoms with E-state index in [0.717, 1.165) is 75.2 Å². The van der Waals surface area contributed by atoms with Crippen LogP contribution in [-0.2, 0) is 24.1 Å². The van der Waals surface area contributed by atoms with Crippen LogP contribution in [-0.4, -0.2) is 64.4 Å². The molecule has 0 aromatic carbocycles. The van der Waals surface area contributed by atoms with E-state index in [-0.39, 0.29) is 25.0 Å². The Morgan fingerprint density at radius 1 is 1.20 bits per heavy atom.